The van der Waals surface area contributed by atoms with E-state index in [1.54, 1.807) is 20.0 Å². The number of aromatic amines is 1. The van der Waals surface area contributed by atoms with Crippen molar-refractivity contribution in [1.82, 2.24) is 20.9 Å². The number of hydrogen-bond donors (Lipinski definition) is 8. The Kier molecular flexibility index (Phi) is 11.6. The molecule has 0 radical (unpaired) electrons. The van der Waals surface area contributed by atoms with Crippen molar-refractivity contribution in [2.75, 3.05) is 0 Å². The third-order valence-electron chi connectivity index (χ3n) is 6.27. The first-order valence-electron chi connectivity index (χ1n) is 12.7. The number of benzene rings is 1. The van der Waals surface area contributed by atoms with Crippen molar-refractivity contribution in [2.24, 2.45) is 17.4 Å². The number of primary amides is 1. The molecule has 0 aliphatic heterocycles. The summed E-state index contributed by atoms with van der Waals surface area (Å²) in [6.07, 6.45) is 0.628. The van der Waals surface area contributed by atoms with Crippen LogP contribution in [0.25, 0.3) is 10.9 Å². The van der Waals surface area contributed by atoms with Crippen LogP contribution < -0.4 is 27.4 Å². The average molecular weight is 561 g/mol. The summed E-state index contributed by atoms with van der Waals surface area (Å²) in [5, 5.41) is 26.3. The van der Waals surface area contributed by atoms with Crippen LogP contribution in [-0.2, 0) is 35.2 Å². The summed E-state index contributed by atoms with van der Waals surface area (Å²) in [4.78, 5) is 75.8. The minimum Gasteiger partial charge on any atom is -0.481 e. The lowest BCUT2D eigenvalue weighted by Gasteiger charge is -2.27. The molecule has 0 fully saturated rings. The van der Waals surface area contributed by atoms with Crippen molar-refractivity contribution in [3.8, 4) is 0 Å². The molecule has 10 N–H and O–H groups in total. The molecule has 4 amide bonds. The molecule has 4 atom stereocenters. The molecule has 0 bridgehead atoms. The maximum Gasteiger partial charge on any atom is 0.326 e. The van der Waals surface area contributed by atoms with Gasteiger partial charge in [-0.25, -0.2) is 4.79 Å². The Morgan fingerprint density at radius 3 is 2.10 bits per heavy atom. The maximum absolute atomic E-state index is 13.2. The van der Waals surface area contributed by atoms with Crippen LogP contribution in [0.1, 0.15) is 45.1 Å². The highest BCUT2D eigenvalue weighted by molar-refractivity contribution is 5.95. The van der Waals surface area contributed by atoms with Crippen molar-refractivity contribution < 1.29 is 39.0 Å². The zero-order valence-electron chi connectivity index (χ0n) is 22.3. The molecule has 0 spiro atoms. The van der Waals surface area contributed by atoms with E-state index in [0.717, 1.165) is 16.5 Å². The fourth-order valence-corrected chi connectivity index (χ4v) is 4.04. The largest absolute Gasteiger partial charge is 0.481 e. The summed E-state index contributed by atoms with van der Waals surface area (Å²) < 4.78 is 0. The predicted molar refractivity (Wildman–Crippen MR) is 144 cm³/mol. The molecule has 4 unspecified atom stereocenters. The van der Waals surface area contributed by atoms with Crippen LogP contribution in [0.3, 0.4) is 0 Å². The van der Waals surface area contributed by atoms with Gasteiger partial charge in [0.05, 0.1) is 6.04 Å². The first-order chi connectivity index (χ1) is 18.8. The predicted octanol–water partition coefficient (Wildman–Crippen LogP) is -0.637. The van der Waals surface area contributed by atoms with Crippen molar-refractivity contribution in [3.63, 3.8) is 0 Å². The molecule has 1 aromatic heterocycles. The number of carboxylic acid groups (broad SMARTS) is 2. The number of nitrogens with one attached hydrogen (secondary N) is 4. The van der Waals surface area contributed by atoms with E-state index in [1.807, 2.05) is 24.3 Å². The Balaban J connectivity index is 2.13. The average Bonchev–Trinajstić information content (AvgIpc) is 3.29. The van der Waals surface area contributed by atoms with Gasteiger partial charge in [-0.1, -0.05) is 32.0 Å². The Morgan fingerprint density at radius 1 is 0.875 bits per heavy atom. The number of carbonyl (C=O) groups is 6. The van der Waals surface area contributed by atoms with E-state index in [-0.39, 0.29) is 25.7 Å². The highest BCUT2D eigenvalue weighted by Gasteiger charge is 2.32. The summed E-state index contributed by atoms with van der Waals surface area (Å²) in [6, 6.07) is 2.43. The maximum atomic E-state index is 13.2. The van der Waals surface area contributed by atoms with E-state index in [9.17, 15) is 33.9 Å². The minimum absolute atomic E-state index is 0.157. The molecule has 0 saturated carbocycles. The number of carboxylic acids is 2. The standard InChI is InChI=1S/C26H36N6O8/c1-13(2)22(25(38)31-19(26(39)40)8-10-21(34)35)32-24(37)18(7-9-20(28)33)30-23(36)16(27)11-14-12-29-17-6-4-3-5-15(14)17/h3-6,12-13,16,18-19,22,29H,7-11,27H2,1-2H3,(H2,28,33)(H,30,36)(H,31,38)(H,32,37)(H,34,35)(H,39,40). The Bertz CT molecular complexity index is 1240. The van der Waals surface area contributed by atoms with Crippen LogP contribution in [0.5, 0.6) is 0 Å². The highest BCUT2D eigenvalue weighted by atomic mass is 16.4. The van der Waals surface area contributed by atoms with E-state index in [4.69, 9.17) is 16.6 Å². The van der Waals surface area contributed by atoms with Gasteiger partial charge in [0, 0.05) is 29.9 Å². The molecule has 2 rings (SSSR count). The molecule has 14 heteroatoms. The monoisotopic (exact) mass is 560 g/mol. The molecule has 0 saturated heterocycles. The Morgan fingerprint density at radius 2 is 1.50 bits per heavy atom. The van der Waals surface area contributed by atoms with Gasteiger partial charge >= 0.3 is 11.9 Å². The molecule has 0 aliphatic carbocycles. The van der Waals surface area contributed by atoms with Crippen molar-refractivity contribution in [2.45, 2.75) is 70.1 Å². The van der Waals surface area contributed by atoms with Gasteiger partial charge in [0.15, 0.2) is 0 Å². The molecule has 1 heterocycles. The van der Waals surface area contributed by atoms with Gasteiger partial charge in [-0.3, -0.25) is 24.0 Å². The Labute approximate surface area is 230 Å². The molecular weight excluding hydrogens is 524 g/mol. The lowest BCUT2D eigenvalue weighted by Crippen LogP contribution is -2.58. The normalized spacial score (nSPS) is 14.1. The second-order valence-electron chi connectivity index (χ2n) is 9.80. The van der Waals surface area contributed by atoms with E-state index in [2.05, 4.69) is 20.9 Å². The SMILES string of the molecule is CC(C)C(NC(=O)C(CCC(N)=O)NC(=O)C(N)Cc1c[nH]c2ccccc12)C(=O)NC(CCC(=O)O)C(=O)O. The van der Waals surface area contributed by atoms with E-state index < -0.39 is 72.1 Å². The number of para-hydroxylation sites is 1. The topological polar surface area (TPSA) is 247 Å². The van der Waals surface area contributed by atoms with Crippen LogP contribution in [0, 0.1) is 5.92 Å². The van der Waals surface area contributed by atoms with Crippen LogP contribution in [-0.4, -0.2) is 74.9 Å². The van der Waals surface area contributed by atoms with Gasteiger partial charge in [-0.2, -0.15) is 0 Å². The Hall–Kier alpha value is -4.46. The number of rotatable bonds is 16. The number of amides is 4. The number of nitrogens with two attached hydrogens (primary N) is 2. The van der Waals surface area contributed by atoms with Gasteiger partial charge in [0.2, 0.25) is 23.6 Å². The molecule has 1 aromatic carbocycles. The van der Waals surface area contributed by atoms with Gasteiger partial charge in [0.1, 0.15) is 18.1 Å². The number of aliphatic carboxylic acids is 2. The third-order valence-corrected chi connectivity index (χ3v) is 6.27. The van der Waals surface area contributed by atoms with Crippen LogP contribution in [0.15, 0.2) is 30.5 Å². The van der Waals surface area contributed by atoms with Crippen molar-refractivity contribution in [1.29, 1.82) is 0 Å². The van der Waals surface area contributed by atoms with E-state index >= 15 is 0 Å². The van der Waals surface area contributed by atoms with E-state index in [1.165, 1.54) is 0 Å². The number of carbonyl (C=O) groups excluding carboxylic acids is 4. The quantitative estimate of drug-likeness (QED) is 0.130. The first-order valence-corrected chi connectivity index (χ1v) is 12.7. The zero-order chi connectivity index (χ0) is 30.0. The minimum atomic E-state index is -1.49. The van der Waals surface area contributed by atoms with Crippen molar-refractivity contribution >= 4 is 46.5 Å². The number of fused-ring (bicyclic) bond motifs is 1. The number of hydrogen-bond acceptors (Lipinski definition) is 7. The molecule has 14 nitrogen and oxygen atoms in total. The van der Waals surface area contributed by atoms with Crippen LogP contribution in [0.2, 0.25) is 0 Å². The lowest BCUT2D eigenvalue weighted by atomic mass is 10.0. The molecule has 0 aliphatic rings. The second-order valence-corrected chi connectivity index (χ2v) is 9.80. The summed E-state index contributed by atoms with van der Waals surface area (Å²) in [5.74, 6) is -6.22. The highest BCUT2D eigenvalue weighted by Crippen LogP contribution is 2.19. The number of aromatic nitrogens is 1. The third kappa shape index (κ3) is 9.38. The summed E-state index contributed by atoms with van der Waals surface area (Å²) >= 11 is 0. The molecular formula is C26H36N6O8. The smallest absolute Gasteiger partial charge is 0.326 e. The lowest BCUT2D eigenvalue weighted by molar-refractivity contribution is -0.143. The van der Waals surface area contributed by atoms with E-state index in [0.29, 0.717) is 0 Å². The first kappa shape index (κ1) is 31.8. The zero-order valence-corrected chi connectivity index (χ0v) is 22.3. The van der Waals surface area contributed by atoms with Gasteiger partial charge in [0.25, 0.3) is 0 Å². The second kappa shape index (κ2) is 14.6. The summed E-state index contributed by atoms with van der Waals surface area (Å²) in [7, 11) is 0. The summed E-state index contributed by atoms with van der Waals surface area (Å²) in [5.41, 5.74) is 13.0. The summed E-state index contributed by atoms with van der Waals surface area (Å²) in [6.45, 7) is 3.21. The molecule has 218 valence electrons. The fraction of sp³-hybridized carbons (Fsp3) is 0.462. The molecule has 40 heavy (non-hydrogen) atoms. The van der Waals surface area contributed by atoms with Crippen LogP contribution in [0.4, 0.5) is 0 Å². The van der Waals surface area contributed by atoms with Crippen LogP contribution >= 0.6 is 0 Å². The fourth-order valence-electron chi connectivity index (χ4n) is 4.04. The molecule has 2 aromatic rings. The van der Waals surface area contributed by atoms with Gasteiger partial charge < -0.3 is 42.6 Å². The van der Waals surface area contributed by atoms with Gasteiger partial charge in [-0.15, -0.1) is 0 Å². The van der Waals surface area contributed by atoms with Gasteiger partial charge in [-0.05, 0) is 36.8 Å². The van der Waals surface area contributed by atoms with Crippen molar-refractivity contribution in [3.05, 3.63) is 36.0 Å². The number of H-pyrrole nitrogens is 1.